The number of hydrogen-bond donors (Lipinski definition) is 5. The van der Waals surface area contributed by atoms with E-state index in [-0.39, 0.29) is 5.39 Å². The SMILES string of the molecule is Nc1c(O)c(-c2ccccc2S(=O)(=O)O)c(S(=O)(=O)O)c2cc(S(=O)(=O)O)ccc12. The Kier molecular flexibility index (Phi) is 5.05. The quantitative estimate of drug-likeness (QED) is 0.207. The summed E-state index contributed by atoms with van der Waals surface area (Å²) >= 11 is 0. The van der Waals surface area contributed by atoms with E-state index in [1.54, 1.807) is 0 Å². The average molecular weight is 475 g/mol. The lowest BCUT2D eigenvalue weighted by molar-refractivity contribution is 0.470. The third-order valence-corrected chi connectivity index (χ3v) is 6.94. The van der Waals surface area contributed by atoms with Crippen molar-refractivity contribution in [3.63, 3.8) is 0 Å². The second-order valence-corrected chi connectivity index (χ2v) is 10.3. The van der Waals surface area contributed by atoms with Gasteiger partial charge >= 0.3 is 0 Å². The van der Waals surface area contributed by atoms with Gasteiger partial charge in [0.1, 0.15) is 15.5 Å². The first-order valence-corrected chi connectivity index (χ1v) is 12.1. The van der Waals surface area contributed by atoms with Crippen molar-refractivity contribution in [1.82, 2.24) is 0 Å². The summed E-state index contributed by atoms with van der Waals surface area (Å²) in [4.78, 5) is -2.64. The lowest BCUT2D eigenvalue weighted by Crippen LogP contribution is -2.08. The van der Waals surface area contributed by atoms with E-state index in [9.17, 15) is 44.0 Å². The summed E-state index contributed by atoms with van der Waals surface area (Å²) in [6.45, 7) is 0. The highest BCUT2D eigenvalue weighted by molar-refractivity contribution is 7.86. The first-order valence-electron chi connectivity index (χ1n) is 7.74. The smallest absolute Gasteiger partial charge is 0.295 e. The molecule has 0 aromatic heterocycles. The highest BCUT2D eigenvalue weighted by Gasteiger charge is 2.30. The Morgan fingerprint density at radius 2 is 1.33 bits per heavy atom. The molecular formula is C16H13NO10S3. The van der Waals surface area contributed by atoms with E-state index in [2.05, 4.69) is 0 Å². The monoisotopic (exact) mass is 475 g/mol. The molecule has 0 unspecified atom stereocenters. The maximum Gasteiger partial charge on any atom is 0.295 e. The molecule has 14 heteroatoms. The summed E-state index contributed by atoms with van der Waals surface area (Å²) in [5, 5.41) is 9.84. The minimum atomic E-state index is -5.24. The molecule has 11 nitrogen and oxygen atoms in total. The Hall–Kier alpha value is -2.75. The van der Waals surface area contributed by atoms with Gasteiger partial charge in [-0.15, -0.1) is 0 Å². The molecule has 0 atom stereocenters. The van der Waals surface area contributed by atoms with E-state index >= 15 is 0 Å². The number of nitrogens with two attached hydrogens (primary N) is 1. The zero-order valence-electron chi connectivity index (χ0n) is 14.6. The molecule has 3 aromatic rings. The van der Waals surface area contributed by atoms with Crippen molar-refractivity contribution in [1.29, 1.82) is 0 Å². The molecule has 0 radical (unpaired) electrons. The summed E-state index contributed by atoms with van der Waals surface area (Å²) in [6.07, 6.45) is 0. The molecule has 3 aromatic carbocycles. The van der Waals surface area contributed by atoms with Crippen molar-refractivity contribution in [2.24, 2.45) is 0 Å². The molecule has 0 aliphatic carbocycles. The molecular weight excluding hydrogens is 462 g/mol. The predicted octanol–water partition coefficient (Wildman–Crippen LogP) is 1.53. The van der Waals surface area contributed by atoms with Crippen LogP contribution in [0.4, 0.5) is 5.69 Å². The van der Waals surface area contributed by atoms with E-state index < -0.39 is 73.0 Å². The third-order valence-electron chi connectivity index (χ3n) is 4.23. The zero-order valence-corrected chi connectivity index (χ0v) is 17.0. The number of aromatic hydroxyl groups is 1. The van der Waals surface area contributed by atoms with E-state index in [4.69, 9.17) is 5.73 Å². The van der Waals surface area contributed by atoms with Gasteiger partial charge in [-0.2, -0.15) is 25.3 Å². The fourth-order valence-electron chi connectivity index (χ4n) is 3.03. The molecule has 0 aliphatic rings. The molecule has 0 saturated carbocycles. The van der Waals surface area contributed by atoms with Crippen molar-refractivity contribution in [3.05, 3.63) is 42.5 Å². The van der Waals surface area contributed by atoms with Crippen LogP contribution < -0.4 is 5.73 Å². The van der Waals surface area contributed by atoms with Gasteiger partial charge in [0.05, 0.1) is 10.6 Å². The molecule has 0 aliphatic heterocycles. The van der Waals surface area contributed by atoms with Crippen LogP contribution in [-0.2, 0) is 30.4 Å². The van der Waals surface area contributed by atoms with Gasteiger partial charge in [-0.25, -0.2) is 0 Å². The number of rotatable bonds is 4. The fraction of sp³-hybridized carbons (Fsp3) is 0. The molecule has 0 heterocycles. The van der Waals surface area contributed by atoms with Crippen LogP contribution in [0.15, 0.2) is 57.2 Å². The molecule has 0 fully saturated rings. The van der Waals surface area contributed by atoms with Crippen molar-refractivity contribution < 1.29 is 44.0 Å². The van der Waals surface area contributed by atoms with Crippen molar-refractivity contribution in [2.45, 2.75) is 14.7 Å². The Morgan fingerprint density at radius 3 is 1.87 bits per heavy atom. The Morgan fingerprint density at radius 1 is 0.733 bits per heavy atom. The molecule has 0 amide bonds. The number of nitrogen functional groups attached to an aromatic ring is 1. The lowest BCUT2D eigenvalue weighted by Gasteiger charge is -2.18. The standard InChI is InChI=1S/C16H13NO10S3/c17-14-9-6-5-8(28(19,20)21)7-11(9)16(30(25,26)27)13(15(14)18)10-3-1-2-4-12(10)29(22,23)24/h1-7,18H,17H2,(H,19,20,21)(H,22,23,24)(H,25,26,27). The van der Waals surface area contributed by atoms with Crippen LogP contribution in [-0.4, -0.2) is 44.0 Å². The number of anilines is 1. The largest absolute Gasteiger partial charge is 0.505 e. The summed E-state index contributed by atoms with van der Waals surface area (Å²) in [5.74, 6) is -0.939. The lowest BCUT2D eigenvalue weighted by atomic mass is 9.98. The first kappa shape index (κ1) is 21.9. The van der Waals surface area contributed by atoms with Crippen LogP contribution in [0.2, 0.25) is 0 Å². The van der Waals surface area contributed by atoms with Crippen LogP contribution in [0.1, 0.15) is 0 Å². The minimum absolute atomic E-state index is 0.208. The molecule has 0 saturated heterocycles. The second-order valence-electron chi connectivity index (χ2n) is 6.10. The van der Waals surface area contributed by atoms with E-state index in [0.29, 0.717) is 6.07 Å². The van der Waals surface area contributed by atoms with E-state index in [0.717, 1.165) is 24.3 Å². The zero-order chi connectivity index (χ0) is 22.6. The Labute approximate surface area is 170 Å². The van der Waals surface area contributed by atoms with Crippen LogP contribution in [0.5, 0.6) is 5.75 Å². The fourth-order valence-corrected chi connectivity index (χ4v) is 5.14. The molecule has 30 heavy (non-hydrogen) atoms. The third kappa shape index (κ3) is 3.71. The van der Waals surface area contributed by atoms with Gasteiger partial charge in [-0.1, -0.05) is 24.3 Å². The molecule has 0 bridgehead atoms. The molecule has 3 rings (SSSR count). The van der Waals surface area contributed by atoms with Gasteiger partial charge in [0.2, 0.25) is 0 Å². The van der Waals surface area contributed by atoms with Crippen LogP contribution in [0.3, 0.4) is 0 Å². The normalized spacial score (nSPS) is 12.9. The summed E-state index contributed by atoms with van der Waals surface area (Å²) in [6, 6.07) is 6.96. The number of phenolic OH excluding ortho intramolecular Hbond substituents is 1. The highest BCUT2D eigenvalue weighted by atomic mass is 32.2. The van der Waals surface area contributed by atoms with Crippen molar-refractivity contribution in [3.8, 4) is 16.9 Å². The number of benzene rings is 3. The van der Waals surface area contributed by atoms with Crippen LogP contribution in [0, 0.1) is 0 Å². The maximum atomic E-state index is 12.2. The summed E-state index contributed by atoms with van der Waals surface area (Å²) in [5.41, 5.74) is 4.04. The number of fused-ring (bicyclic) bond motifs is 1. The van der Waals surface area contributed by atoms with E-state index in [1.165, 1.54) is 12.1 Å². The van der Waals surface area contributed by atoms with Gasteiger partial charge in [-0.05, 0) is 18.2 Å². The molecule has 160 valence electrons. The predicted molar refractivity (Wildman–Crippen MR) is 105 cm³/mol. The van der Waals surface area contributed by atoms with Gasteiger partial charge in [0.25, 0.3) is 30.4 Å². The van der Waals surface area contributed by atoms with Gasteiger partial charge in [-0.3, -0.25) is 13.7 Å². The van der Waals surface area contributed by atoms with Gasteiger partial charge in [0, 0.05) is 21.9 Å². The summed E-state index contributed by atoms with van der Waals surface area (Å²) in [7, 11) is -15.0. The van der Waals surface area contributed by atoms with E-state index in [1.807, 2.05) is 0 Å². The van der Waals surface area contributed by atoms with Crippen LogP contribution in [0.25, 0.3) is 21.9 Å². The topological polar surface area (TPSA) is 209 Å². The summed E-state index contributed by atoms with van der Waals surface area (Å²) < 4.78 is 99.5. The highest BCUT2D eigenvalue weighted by Crippen LogP contribution is 2.47. The average Bonchev–Trinajstić information content (AvgIpc) is 2.61. The Balaban J connectivity index is 2.68. The van der Waals surface area contributed by atoms with Gasteiger partial charge < -0.3 is 10.8 Å². The molecule has 0 spiro atoms. The maximum absolute atomic E-state index is 12.2. The van der Waals surface area contributed by atoms with Gasteiger partial charge in [0.15, 0.2) is 0 Å². The van der Waals surface area contributed by atoms with Crippen molar-refractivity contribution in [2.75, 3.05) is 5.73 Å². The first-order chi connectivity index (χ1) is 13.6. The second kappa shape index (κ2) is 6.90. The Bertz CT molecular complexity index is 1530. The van der Waals surface area contributed by atoms with Crippen molar-refractivity contribution >= 4 is 46.8 Å². The minimum Gasteiger partial charge on any atom is -0.505 e. The number of hydrogen-bond acceptors (Lipinski definition) is 8. The number of phenols is 1. The van der Waals surface area contributed by atoms with Crippen LogP contribution >= 0.6 is 0 Å². The molecule has 6 N–H and O–H groups in total.